The van der Waals surface area contributed by atoms with Gasteiger partial charge in [0, 0.05) is 17.6 Å². The minimum atomic E-state index is -0.712. The van der Waals surface area contributed by atoms with Crippen LogP contribution in [-0.4, -0.2) is 17.4 Å². The number of anilines is 1. The summed E-state index contributed by atoms with van der Waals surface area (Å²) in [5, 5.41) is 5.66. The minimum Gasteiger partial charge on any atom is -0.351 e. The van der Waals surface area contributed by atoms with Gasteiger partial charge < -0.3 is 10.6 Å². The van der Waals surface area contributed by atoms with Crippen LogP contribution in [0.3, 0.4) is 0 Å². The number of carbonyl (C=O) groups is 2. The summed E-state index contributed by atoms with van der Waals surface area (Å²) in [4.78, 5) is 25.1. The van der Waals surface area contributed by atoms with Crippen molar-refractivity contribution in [1.29, 1.82) is 0 Å². The van der Waals surface area contributed by atoms with E-state index in [9.17, 15) is 14.0 Å². The molecular weight excluding hydrogens is 331 g/mol. The minimum absolute atomic E-state index is 0.0428. The second-order valence-corrected chi connectivity index (χ2v) is 7.95. The maximum Gasteiger partial charge on any atom is 0.231 e. The zero-order chi connectivity index (χ0) is 18.0. The third-order valence-electron chi connectivity index (χ3n) is 4.23. The molecule has 0 unspecified atom stereocenters. The molecule has 1 aliphatic carbocycles. The van der Waals surface area contributed by atoms with Gasteiger partial charge in [0.1, 0.15) is 5.82 Å². The lowest BCUT2D eigenvalue weighted by atomic mass is 9.81. The molecule has 1 aromatic rings. The van der Waals surface area contributed by atoms with Gasteiger partial charge in [-0.1, -0.05) is 24.4 Å². The monoisotopic (exact) mass is 354 g/mol. The summed E-state index contributed by atoms with van der Waals surface area (Å²) in [5.41, 5.74) is -0.609. The summed E-state index contributed by atoms with van der Waals surface area (Å²) in [6, 6.07) is 4.06. The van der Waals surface area contributed by atoms with E-state index in [0.29, 0.717) is 18.5 Å². The van der Waals surface area contributed by atoms with Crippen LogP contribution in [0.5, 0.6) is 0 Å². The molecule has 0 aromatic heterocycles. The zero-order valence-corrected chi connectivity index (χ0v) is 15.1. The highest BCUT2D eigenvalue weighted by Crippen LogP contribution is 2.42. The molecule has 1 saturated carbocycles. The fraction of sp³-hybridized carbons (Fsp3) is 0.556. The van der Waals surface area contributed by atoms with Crippen LogP contribution in [0.1, 0.15) is 52.9 Å². The van der Waals surface area contributed by atoms with Crippen LogP contribution in [0.25, 0.3) is 0 Å². The molecule has 1 fully saturated rings. The SMILES string of the molecule is CC(C)(C)NC(=O)CC1(C(=O)Nc2ccc(F)c(Cl)c2)CCCC1. The fourth-order valence-electron chi connectivity index (χ4n) is 3.14. The largest absolute Gasteiger partial charge is 0.351 e. The van der Waals surface area contributed by atoms with Crippen molar-refractivity contribution in [2.75, 3.05) is 5.32 Å². The Balaban J connectivity index is 2.12. The Morgan fingerprint density at radius 1 is 1.25 bits per heavy atom. The van der Waals surface area contributed by atoms with Crippen LogP contribution < -0.4 is 10.6 Å². The van der Waals surface area contributed by atoms with Gasteiger partial charge >= 0.3 is 0 Å². The number of carbonyl (C=O) groups excluding carboxylic acids is 2. The summed E-state index contributed by atoms with van der Waals surface area (Å²) >= 11 is 5.76. The normalized spacial score (nSPS) is 16.7. The lowest BCUT2D eigenvalue weighted by Gasteiger charge is -2.29. The third-order valence-corrected chi connectivity index (χ3v) is 4.52. The molecule has 6 heteroatoms. The topological polar surface area (TPSA) is 58.2 Å². The summed E-state index contributed by atoms with van der Waals surface area (Å²) in [5.74, 6) is -0.863. The van der Waals surface area contributed by atoms with Crippen molar-refractivity contribution >= 4 is 29.1 Å². The summed E-state index contributed by atoms with van der Waals surface area (Å²) in [6.45, 7) is 5.73. The Bertz CT molecular complexity index is 634. The summed E-state index contributed by atoms with van der Waals surface area (Å²) in [7, 11) is 0. The number of rotatable bonds is 4. The van der Waals surface area contributed by atoms with Crippen molar-refractivity contribution in [3.63, 3.8) is 0 Å². The van der Waals surface area contributed by atoms with E-state index >= 15 is 0 Å². The number of nitrogens with one attached hydrogen (secondary N) is 2. The first-order valence-corrected chi connectivity index (χ1v) is 8.57. The Morgan fingerprint density at radius 3 is 2.42 bits per heavy atom. The number of amides is 2. The maximum atomic E-state index is 13.2. The van der Waals surface area contributed by atoms with Gasteiger partial charge in [-0.25, -0.2) is 4.39 Å². The number of hydrogen-bond donors (Lipinski definition) is 2. The number of halogens is 2. The van der Waals surface area contributed by atoms with Crippen LogP contribution in [0.4, 0.5) is 10.1 Å². The quantitative estimate of drug-likeness (QED) is 0.847. The predicted molar refractivity (Wildman–Crippen MR) is 93.5 cm³/mol. The van der Waals surface area contributed by atoms with Crippen LogP contribution >= 0.6 is 11.6 Å². The first-order chi connectivity index (χ1) is 11.1. The van der Waals surface area contributed by atoms with E-state index in [1.54, 1.807) is 0 Å². The van der Waals surface area contributed by atoms with Crippen molar-refractivity contribution in [1.82, 2.24) is 5.32 Å². The molecule has 0 spiro atoms. The van der Waals surface area contributed by atoms with Crippen molar-refractivity contribution in [2.45, 2.75) is 58.4 Å². The van der Waals surface area contributed by atoms with Gasteiger partial charge in [0.2, 0.25) is 11.8 Å². The van der Waals surface area contributed by atoms with Crippen molar-refractivity contribution in [2.24, 2.45) is 5.41 Å². The van der Waals surface area contributed by atoms with E-state index in [0.717, 1.165) is 12.8 Å². The molecule has 2 N–H and O–H groups in total. The number of benzene rings is 1. The molecule has 0 atom stereocenters. The Morgan fingerprint density at radius 2 is 1.88 bits per heavy atom. The van der Waals surface area contributed by atoms with E-state index in [1.807, 2.05) is 20.8 Å². The highest BCUT2D eigenvalue weighted by molar-refractivity contribution is 6.31. The molecular formula is C18H24ClFN2O2. The van der Waals surface area contributed by atoms with E-state index in [2.05, 4.69) is 10.6 Å². The average Bonchev–Trinajstić information content (AvgIpc) is 2.90. The maximum absolute atomic E-state index is 13.2. The predicted octanol–water partition coefficient (Wildman–Crippen LogP) is 4.28. The van der Waals surface area contributed by atoms with Gasteiger partial charge in [-0.3, -0.25) is 9.59 Å². The zero-order valence-electron chi connectivity index (χ0n) is 14.3. The standard InChI is InChI=1S/C18H24ClFN2O2/c1-17(2,3)22-15(23)11-18(8-4-5-9-18)16(24)21-12-6-7-14(20)13(19)10-12/h6-7,10H,4-5,8-9,11H2,1-3H3,(H,21,24)(H,22,23). The van der Waals surface area contributed by atoms with E-state index < -0.39 is 11.2 Å². The van der Waals surface area contributed by atoms with Crippen molar-refractivity contribution in [3.05, 3.63) is 29.0 Å². The molecule has 0 saturated heterocycles. The lowest BCUT2D eigenvalue weighted by molar-refractivity contribution is -0.133. The van der Waals surface area contributed by atoms with Crippen LogP contribution in [0.2, 0.25) is 5.02 Å². The first kappa shape index (κ1) is 18.7. The molecule has 24 heavy (non-hydrogen) atoms. The van der Waals surface area contributed by atoms with Gasteiger partial charge in [-0.15, -0.1) is 0 Å². The fourth-order valence-corrected chi connectivity index (χ4v) is 3.32. The second-order valence-electron chi connectivity index (χ2n) is 7.55. The average molecular weight is 355 g/mol. The molecule has 0 aliphatic heterocycles. The Kier molecular flexibility index (Phi) is 5.53. The lowest BCUT2D eigenvalue weighted by Crippen LogP contribution is -2.45. The first-order valence-electron chi connectivity index (χ1n) is 8.19. The highest BCUT2D eigenvalue weighted by atomic mass is 35.5. The van der Waals surface area contributed by atoms with Gasteiger partial charge in [-0.05, 0) is 51.8 Å². The van der Waals surface area contributed by atoms with Gasteiger partial charge in [0.05, 0.1) is 10.4 Å². The van der Waals surface area contributed by atoms with Crippen molar-refractivity contribution < 1.29 is 14.0 Å². The summed E-state index contributed by atoms with van der Waals surface area (Å²) in [6.07, 6.45) is 3.34. The highest BCUT2D eigenvalue weighted by Gasteiger charge is 2.43. The molecule has 132 valence electrons. The van der Waals surface area contributed by atoms with Crippen LogP contribution in [-0.2, 0) is 9.59 Å². The van der Waals surface area contributed by atoms with Gasteiger partial charge in [-0.2, -0.15) is 0 Å². The van der Waals surface area contributed by atoms with E-state index in [-0.39, 0.29) is 28.8 Å². The molecule has 2 rings (SSSR count). The van der Waals surface area contributed by atoms with Crippen LogP contribution in [0, 0.1) is 11.2 Å². The third kappa shape index (κ3) is 4.69. The van der Waals surface area contributed by atoms with E-state index in [1.165, 1.54) is 18.2 Å². The smallest absolute Gasteiger partial charge is 0.231 e. The van der Waals surface area contributed by atoms with Gasteiger partial charge in [0.25, 0.3) is 0 Å². The molecule has 0 heterocycles. The molecule has 2 amide bonds. The molecule has 1 aliphatic rings. The van der Waals surface area contributed by atoms with Gasteiger partial charge in [0.15, 0.2) is 0 Å². The Labute approximate surface area is 147 Å². The van der Waals surface area contributed by atoms with Crippen LogP contribution in [0.15, 0.2) is 18.2 Å². The second kappa shape index (κ2) is 7.09. The van der Waals surface area contributed by atoms with E-state index in [4.69, 9.17) is 11.6 Å². The molecule has 0 bridgehead atoms. The molecule has 1 aromatic carbocycles. The molecule has 4 nitrogen and oxygen atoms in total. The number of hydrogen-bond acceptors (Lipinski definition) is 2. The summed E-state index contributed by atoms with van der Waals surface area (Å²) < 4.78 is 13.2. The Hall–Kier alpha value is -1.62. The van der Waals surface area contributed by atoms with Crippen molar-refractivity contribution in [3.8, 4) is 0 Å². The molecule has 0 radical (unpaired) electrons.